The van der Waals surface area contributed by atoms with E-state index in [4.69, 9.17) is 5.73 Å². The summed E-state index contributed by atoms with van der Waals surface area (Å²) in [6.07, 6.45) is 2.14. The van der Waals surface area contributed by atoms with Gasteiger partial charge in [0.15, 0.2) is 0 Å². The largest absolute Gasteiger partial charge is 0.506 e. The van der Waals surface area contributed by atoms with Crippen molar-refractivity contribution < 1.29 is 5.11 Å². The van der Waals surface area contributed by atoms with Crippen LogP contribution in [0.3, 0.4) is 0 Å². The first kappa shape index (κ1) is 12.7. The van der Waals surface area contributed by atoms with E-state index in [0.717, 1.165) is 43.0 Å². The Morgan fingerprint density at radius 1 is 0.850 bits per heavy atom. The summed E-state index contributed by atoms with van der Waals surface area (Å²) in [5.74, 6) is 0.370. The maximum atomic E-state index is 9.27. The Morgan fingerprint density at radius 3 is 2.10 bits per heavy atom. The van der Waals surface area contributed by atoms with Crippen molar-refractivity contribution in [1.82, 2.24) is 0 Å². The number of rotatable bonds is 0. The topological polar surface area (TPSA) is 70.3 Å². The molecule has 5 N–H and O–H groups in total. The second-order valence-electron chi connectivity index (χ2n) is 5.05. The second kappa shape index (κ2) is 5.33. The van der Waals surface area contributed by atoms with Crippen LogP contribution in [0.5, 0.6) is 5.75 Å². The number of para-hydroxylation sites is 2. The molecule has 20 heavy (non-hydrogen) atoms. The number of hydrogen-bond acceptors (Lipinski definition) is 4. The maximum absolute atomic E-state index is 9.27. The zero-order valence-electron chi connectivity index (χ0n) is 11.3. The SMILES string of the molecule is Nc1cccc2c1NCC2.Oc1cccc2c1NCC2. The van der Waals surface area contributed by atoms with Crippen LogP contribution in [0.15, 0.2) is 36.4 Å². The summed E-state index contributed by atoms with van der Waals surface area (Å²) in [6, 6.07) is 11.7. The molecule has 104 valence electrons. The van der Waals surface area contributed by atoms with Gasteiger partial charge < -0.3 is 21.5 Å². The minimum absolute atomic E-state index is 0.370. The highest BCUT2D eigenvalue weighted by Crippen LogP contribution is 2.30. The van der Waals surface area contributed by atoms with Crippen molar-refractivity contribution in [2.24, 2.45) is 0 Å². The number of nitrogens with two attached hydrogens (primary N) is 1. The number of fused-ring (bicyclic) bond motifs is 2. The van der Waals surface area contributed by atoms with Crippen LogP contribution in [0.4, 0.5) is 17.1 Å². The molecule has 0 radical (unpaired) electrons. The summed E-state index contributed by atoms with van der Waals surface area (Å²) in [6.45, 7) is 1.98. The molecule has 0 fully saturated rings. The number of nitrogen functional groups attached to an aromatic ring is 1. The van der Waals surface area contributed by atoms with Gasteiger partial charge in [-0.3, -0.25) is 0 Å². The third-order valence-corrected chi connectivity index (χ3v) is 3.70. The standard InChI is InChI=1S/C8H10N2.C8H9NO/c9-7-3-1-2-6-4-5-10-8(6)7;10-7-3-1-2-6-4-5-9-8(6)7/h1-3,10H,4-5,9H2;1-3,9-10H,4-5H2. The first-order chi connectivity index (χ1) is 9.75. The minimum Gasteiger partial charge on any atom is -0.506 e. The van der Waals surface area contributed by atoms with Gasteiger partial charge in [-0.15, -0.1) is 0 Å². The van der Waals surface area contributed by atoms with Crippen molar-refractivity contribution in [2.75, 3.05) is 29.5 Å². The number of aromatic hydroxyl groups is 1. The van der Waals surface area contributed by atoms with E-state index < -0.39 is 0 Å². The monoisotopic (exact) mass is 269 g/mol. The highest BCUT2D eigenvalue weighted by Gasteiger charge is 2.12. The molecule has 0 aromatic heterocycles. The molecular weight excluding hydrogens is 250 g/mol. The molecule has 0 bridgehead atoms. The number of phenols is 1. The third-order valence-electron chi connectivity index (χ3n) is 3.70. The maximum Gasteiger partial charge on any atom is 0.138 e. The Morgan fingerprint density at radius 2 is 1.45 bits per heavy atom. The van der Waals surface area contributed by atoms with Gasteiger partial charge in [0, 0.05) is 13.1 Å². The highest BCUT2D eigenvalue weighted by molar-refractivity contribution is 5.72. The van der Waals surface area contributed by atoms with Crippen LogP contribution in [0.2, 0.25) is 0 Å². The molecule has 2 aliphatic heterocycles. The van der Waals surface area contributed by atoms with E-state index in [1.807, 2.05) is 24.3 Å². The molecule has 0 unspecified atom stereocenters. The Bertz CT molecular complexity index is 570. The summed E-state index contributed by atoms with van der Waals surface area (Å²) in [5.41, 5.74) is 11.2. The van der Waals surface area contributed by atoms with Gasteiger partial charge in [-0.1, -0.05) is 24.3 Å². The molecule has 2 aromatic carbocycles. The number of nitrogens with one attached hydrogen (secondary N) is 2. The van der Waals surface area contributed by atoms with Crippen LogP contribution < -0.4 is 16.4 Å². The van der Waals surface area contributed by atoms with Gasteiger partial charge in [0.25, 0.3) is 0 Å². The normalized spacial score (nSPS) is 14.4. The molecule has 4 heteroatoms. The molecule has 0 saturated carbocycles. The molecule has 0 atom stereocenters. The van der Waals surface area contributed by atoms with E-state index >= 15 is 0 Å². The minimum atomic E-state index is 0.370. The molecule has 2 aromatic rings. The van der Waals surface area contributed by atoms with Crippen molar-refractivity contribution in [1.29, 1.82) is 0 Å². The Kier molecular flexibility index (Phi) is 3.37. The average molecular weight is 269 g/mol. The van der Waals surface area contributed by atoms with Gasteiger partial charge in [-0.25, -0.2) is 0 Å². The fourth-order valence-corrected chi connectivity index (χ4v) is 2.69. The van der Waals surface area contributed by atoms with E-state index in [-0.39, 0.29) is 0 Å². The molecule has 0 amide bonds. The summed E-state index contributed by atoms with van der Waals surface area (Å²) in [4.78, 5) is 0. The Labute approximate surface area is 118 Å². The van der Waals surface area contributed by atoms with Crippen molar-refractivity contribution in [3.8, 4) is 5.75 Å². The predicted molar refractivity (Wildman–Crippen MR) is 83.3 cm³/mol. The summed E-state index contributed by atoms with van der Waals surface area (Å²) in [5, 5.41) is 15.6. The summed E-state index contributed by atoms with van der Waals surface area (Å²) in [7, 11) is 0. The van der Waals surface area contributed by atoms with Crippen LogP contribution >= 0.6 is 0 Å². The molecule has 2 heterocycles. The van der Waals surface area contributed by atoms with Gasteiger partial charge in [0.05, 0.1) is 17.1 Å². The summed E-state index contributed by atoms with van der Waals surface area (Å²) >= 11 is 0. The predicted octanol–water partition coefficient (Wildman–Crippen LogP) is 2.60. The lowest BCUT2D eigenvalue weighted by Gasteiger charge is -2.01. The van der Waals surface area contributed by atoms with Gasteiger partial charge >= 0.3 is 0 Å². The van der Waals surface area contributed by atoms with Crippen LogP contribution in [0.25, 0.3) is 0 Å². The Balaban J connectivity index is 0.000000121. The lowest BCUT2D eigenvalue weighted by molar-refractivity contribution is 0.477. The molecule has 0 spiro atoms. The van der Waals surface area contributed by atoms with E-state index in [1.165, 1.54) is 11.1 Å². The third kappa shape index (κ3) is 2.37. The van der Waals surface area contributed by atoms with Gasteiger partial charge in [-0.2, -0.15) is 0 Å². The molecule has 0 saturated heterocycles. The molecule has 4 nitrogen and oxygen atoms in total. The number of anilines is 3. The van der Waals surface area contributed by atoms with Crippen molar-refractivity contribution in [3.63, 3.8) is 0 Å². The van der Waals surface area contributed by atoms with E-state index in [2.05, 4.69) is 16.7 Å². The van der Waals surface area contributed by atoms with Crippen LogP contribution in [0.1, 0.15) is 11.1 Å². The fraction of sp³-hybridized carbons (Fsp3) is 0.250. The van der Waals surface area contributed by atoms with Crippen molar-refractivity contribution in [2.45, 2.75) is 12.8 Å². The number of benzene rings is 2. The first-order valence-corrected chi connectivity index (χ1v) is 6.91. The van der Waals surface area contributed by atoms with Crippen LogP contribution in [0, 0.1) is 0 Å². The quantitative estimate of drug-likeness (QED) is 0.438. The molecular formula is C16H19N3O. The molecule has 4 rings (SSSR count). The number of phenolic OH excluding ortho intramolecular Hbond substituents is 1. The zero-order valence-corrected chi connectivity index (χ0v) is 11.3. The summed E-state index contributed by atoms with van der Waals surface area (Å²) < 4.78 is 0. The first-order valence-electron chi connectivity index (χ1n) is 6.91. The zero-order chi connectivity index (χ0) is 13.9. The smallest absolute Gasteiger partial charge is 0.138 e. The molecule has 0 aliphatic carbocycles. The van der Waals surface area contributed by atoms with E-state index in [1.54, 1.807) is 6.07 Å². The Hall–Kier alpha value is -2.36. The molecule has 2 aliphatic rings. The van der Waals surface area contributed by atoms with E-state index in [9.17, 15) is 5.11 Å². The van der Waals surface area contributed by atoms with Gasteiger partial charge in [0.2, 0.25) is 0 Å². The van der Waals surface area contributed by atoms with Crippen molar-refractivity contribution in [3.05, 3.63) is 47.5 Å². The van der Waals surface area contributed by atoms with Crippen LogP contribution in [-0.2, 0) is 12.8 Å². The number of hydrogen-bond donors (Lipinski definition) is 4. The average Bonchev–Trinajstić information content (AvgIpc) is 3.08. The van der Waals surface area contributed by atoms with Gasteiger partial charge in [-0.05, 0) is 36.1 Å². The van der Waals surface area contributed by atoms with Crippen LogP contribution in [-0.4, -0.2) is 18.2 Å². The van der Waals surface area contributed by atoms with Gasteiger partial charge in [0.1, 0.15) is 5.75 Å². The lowest BCUT2D eigenvalue weighted by Crippen LogP contribution is -1.95. The van der Waals surface area contributed by atoms with E-state index in [0.29, 0.717) is 5.75 Å². The second-order valence-corrected chi connectivity index (χ2v) is 5.05. The lowest BCUT2D eigenvalue weighted by atomic mass is 10.1. The highest BCUT2D eigenvalue weighted by atomic mass is 16.3. The fourth-order valence-electron chi connectivity index (χ4n) is 2.69. The van der Waals surface area contributed by atoms with Crippen molar-refractivity contribution >= 4 is 17.1 Å².